The normalized spacial score (nSPS) is 19.3. The van der Waals surface area contributed by atoms with Gasteiger partial charge in [0.05, 0.1) is 0 Å². The molecule has 0 aliphatic carbocycles. The molecule has 9 heteroatoms. The molecule has 0 radical (unpaired) electrons. The van der Waals surface area contributed by atoms with E-state index >= 15 is 0 Å². The number of carbonyl (C=O) groups excluding carboxylic acids is 1. The fourth-order valence-electron chi connectivity index (χ4n) is 3.87. The first-order chi connectivity index (χ1) is 12.9. The van der Waals surface area contributed by atoms with Gasteiger partial charge in [0.1, 0.15) is 5.82 Å². The predicted molar refractivity (Wildman–Crippen MR) is 102 cm³/mol. The van der Waals surface area contributed by atoms with E-state index in [1.165, 1.54) is 8.61 Å². The van der Waals surface area contributed by atoms with Crippen LogP contribution in [0.3, 0.4) is 0 Å². The van der Waals surface area contributed by atoms with Crippen LogP contribution in [0.25, 0.3) is 0 Å². The Labute approximate surface area is 161 Å². The highest BCUT2D eigenvalue weighted by Crippen LogP contribution is 2.28. The van der Waals surface area contributed by atoms with Gasteiger partial charge in [-0.25, -0.2) is 9.97 Å². The molecule has 0 N–H and O–H groups in total. The number of carbonyl (C=O) groups is 1. The number of hydrogen-bond donors (Lipinski definition) is 0. The monoisotopic (exact) mass is 395 g/mol. The van der Waals surface area contributed by atoms with Gasteiger partial charge in [0, 0.05) is 76.0 Å². The molecule has 1 fully saturated rings. The minimum absolute atomic E-state index is 0.120. The number of piperidine rings is 1. The summed E-state index contributed by atoms with van der Waals surface area (Å²) in [5, 5.41) is 0. The molecule has 0 unspecified atom stereocenters. The van der Waals surface area contributed by atoms with E-state index in [9.17, 15) is 13.2 Å². The van der Waals surface area contributed by atoms with Crippen LogP contribution in [0.4, 0.5) is 0 Å². The second kappa shape index (κ2) is 8.20. The van der Waals surface area contributed by atoms with Gasteiger partial charge < -0.3 is 4.90 Å². The van der Waals surface area contributed by atoms with Crippen molar-refractivity contribution in [2.24, 2.45) is 0 Å². The third-order valence-electron chi connectivity index (χ3n) is 5.58. The van der Waals surface area contributed by atoms with Gasteiger partial charge in [0.15, 0.2) is 0 Å². The van der Waals surface area contributed by atoms with Crippen LogP contribution in [0.1, 0.15) is 56.6 Å². The minimum Gasteiger partial charge on any atom is -0.343 e. The van der Waals surface area contributed by atoms with Crippen LogP contribution < -0.4 is 0 Å². The largest absolute Gasteiger partial charge is 0.343 e. The second-order valence-electron chi connectivity index (χ2n) is 7.16. The Morgan fingerprint density at radius 2 is 1.89 bits per heavy atom. The van der Waals surface area contributed by atoms with Crippen LogP contribution in [0.15, 0.2) is 6.20 Å². The molecule has 3 heterocycles. The van der Waals surface area contributed by atoms with E-state index in [4.69, 9.17) is 4.98 Å². The highest BCUT2D eigenvalue weighted by Gasteiger charge is 2.32. The van der Waals surface area contributed by atoms with Crippen LogP contribution >= 0.6 is 0 Å². The van der Waals surface area contributed by atoms with Crippen molar-refractivity contribution >= 4 is 16.1 Å². The van der Waals surface area contributed by atoms with Gasteiger partial charge in [-0.05, 0) is 12.8 Å². The molecule has 8 nitrogen and oxygen atoms in total. The standard InChI is InChI=1S/C18H29N5O3S/c1-4-22(5-2)27(25,26)23-11-8-17-16(13-23)12-19-18(20-17)15-6-9-21(10-7-15)14(3)24/h12,15H,4-11,13H2,1-3H3. The summed E-state index contributed by atoms with van der Waals surface area (Å²) in [6.07, 6.45) is 4.15. The van der Waals surface area contributed by atoms with Crippen LogP contribution in [0, 0.1) is 0 Å². The smallest absolute Gasteiger partial charge is 0.282 e. The van der Waals surface area contributed by atoms with Crippen molar-refractivity contribution in [1.82, 2.24) is 23.5 Å². The first-order valence-corrected chi connectivity index (χ1v) is 11.1. The minimum atomic E-state index is -3.44. The first kappa shape index (κ1) is 20.2. The lowest BCUT2D eigenvalue weighted by atomic mass is 9.95. The fourth-order valence-corrected chi connectivity index (χ4v) is 5.47. The van der Waals surface area contributed by atoms with E-state index in [0.29, 0.717) is 32.6 Å². The Kier molecular flexibility index (Phi) is 6.12. The Balaban J connectivity index is 1.71. The van der Waals surface area contributed by atoms with Crippen LogP contribution in [0.5, 0.6) is 0 Å². The molecular formula is C18H29N5O3S. The molecular weight excluding hydrogens is 366 g/mol. The van der Waals surface area contributed by atoms with Gasteiger partial charge in [0.2, 0.25) is 5.91 Å². The zero-order valence-corrected chi connectivity index (χ0v) is 17.2. The van der Waals surface area contributed by atoms with E-state index in [2.05, 4.69) is 4.98 Å². The maximum atomic E-state index is 12.7. The van der Waals surface area contributed by atoms with Crippen molar-refractivity contribution in [3.05, 3.63) is 23.3 Å². The zero-order valence-electron chi connectivity index (χ0n) is 16.4. The van der Waals surface area contributed by atoms with Crippen molar-refractivity contribution in [3.8, 4) is 0 Å². The summed E-state index contributed by atoms with van der Waals surface area (Å²) in [7, 11) is -3.44. The van der Waals surface area contributed by atoms with Gasteiger partial charge in [-0.15, -0.1) is 0 Å². The van der Waals surface area contributed by atoms with Gasteiger partial charge in [-0.1, -0.05) is 13.8 Å². The van der Waals surface area contributed by atoms with Crippen molar-refractivity contribution in [3.63, 3.8) is 0 Å². The summed E-state index contributed by atoms with van der Waals surface area (Å²) < 4.78 is 28.5. The molecule has 2 aliphatic heterocycles. The fraction of sp³-hybridized carbons (Fsp3) is 0.722. The Morgan fingerprint density at radius 1 is 1.22 bits per heavy atom. The molecule has 0 atom stereocenters. The molecule has 0 aromatic carbocycles. The molecule has 1 saturated heterocycles. The Hall–Kier alpha value is -1.58. The Morgan fingerprint density at radius 3 is 2.48 bits per heavy atom. The zero-order chi connectivity index (χ0) is 19.6. The van der Waals surface area contributed by atoms with Gasteiger partial charge in [0.25, 0.3) is 10.2 Å². The third-order valence-corrected chi connectivity index (χ3v) is 7.71. The van der Waals surface area contributed by atoms with E-state index in [1.54, 1.807) is 13.1 Å². The van der Waals surface area contributed by atoms with Crippen LogP contribution in [-0.4, -0.2) is 70.5 Å². The van der Waals surface area contributed by atoms with Gasteiger partial charge >= 0.3 is 0 Å². The van der Waals surface area contributed by atoms with Crippen molar-refractivity contribution < 1.29 is 13.2 Å². The van der Waals surface area contributed by atoms with Gasteiger partial charge in [-0.2, -0.15) is 17.0 Å². The lowest BCUT2D eigenvalue weighted by molar-refractivity contribution is -0.129. The maximum Gasteiger partial charge on any atom is 0.282 e. The summed E-state index contributed by atoms with van der Waals surface area (Å²) in [6, 6.07) is 0. The number of amides is 1. The first-order valence-electron chi connectivity index (χ1n) is 9.72. The number of likely N-dealkylation sites (tertiary alicyclic amines) is 1. The lowest BCUT2D eigenvalue weighted by Gasteiger charge is -2.33. The number of rotatable bonds is 5. The number of hydrogen-bond acceptors (Lipinski definition) is 5. The van der Waals surface area contributed by atoms with Crippen molar-refractivity contribution in [1.29, 1.82) is 0 Å². The average molecular weight is 396 g/mol. The highest BCUT2D eigenvalue weighted by atomic mass is 32.2. The summed E-state index contributed by atoms with van der Waals surface area (Å²) in [6.45, 7) is 8.52. The lowest BCUT2D eigenvalue weighted by Crippen LogP contribution is -2.46. The van der Waals surface area contributed by atoms with Crippen molar-refractivity contribution in [2.75, 3.05) is 32.7 Å². The van der Waals surface area contributed by atoms with E-state index < -0.39 is 10.2 Å². The molecule has 2 aliphatic rings. The predicted octanol–water partition coefficient (Wildman–Crippen LogP) is 1.15. The van der Waals surface area contributed by atoms with Gasteiger partial charge in [-0.3, -0.25) is 4.79 Å². The van der Waals surface area contributed by atoms with E-state index in [0.717, 1.165) is 43.0 Å². The highest BCUT2D eigenvalue weighted by molar-refractivity contribution is 7.86. The summed E-state index contributed by atoms with van der Waals surface area (Å²) in [5.41, 5.74) is 1.85. The maximum absolute atomic E-state index is 12.7. The molecule has 1 aromatic rings. The number of aromatic nitrogens is 2. The quantitative estimate of drug-likeness (QED) is 0.746. The molecule has 3 rings (SSSR count). The Bertz CT molecular complexity index is 786. The van der Waals surface area contributed by atoms with Crippen LogP contribution in [0.2, 0.25) is 0 Å². The average Bonchev–Trinajstić information content (AvgIpc) is 2.68. The third kappa shape index (κ3) is 4.14. The summed E-state index contributed by atoms with van der Waals surface area (Å²) in [4.78, 5) is 22.6. The number of fused-ring (bicyclic) bond motifs is 1. The topological polar surface area (TPSA) is 86.7 Å². The molecule has 0 spiro atoms. The molecule has 0 bridgehead atoms. The number of nitrogens with zero attached hydrogens (tertiary/aromatic N) is 5. The van der Waals surface area contributed by atoms with E-state index in [-0.39, 0.29) is 11.8 Å². The molecule has 1 amide bonds. The van der Waals surface area contributed by atoms with E-state index in [1.807, 2.05) is 18.7 Å². The molecule has 27 heavy (non-hydrogen) atoms. The summed E-state index contributed by atoms with van der Waals surface area (Å²) >= 11 is 0. The molecule has 0 saturated carbocycles. The SMILES string of the molecule is CCN(CC)S(=O)(=O)N1CCc2nc(C3CCN(C(C)=O)CC3)ncc2C1. The molecule has 150 valence electrons. The van der Waals surface area contributed by atoms with Crippen molar-refractivity contribution in [2.45, 2.75) is 52.5 Å². The summed E-state index contributed by atoms with van der Waals surface area (Å²) in [5.74, 6) is 1.22. The second-order valence-corrected chi connectivity index (χ2v) is 9.08. The van der Waals surface area contributed by atoms with Crippen LogP contribution in [-0.2, 0) is 28.0 Å². The molecule has 1 aromatic heterocycles.